The molecule has 1 unspecified atom stereocenters. The topological polar surface area (TPSA) is 61.4 Å². The van der Waals surface area contributed by atoms with Gasteiger partial charge in [-0.2, -0.15) is 0 Å². The molecule has 1 saturated heterocycles. The lowest BCUT2D eigenvalue weighted by atomic mass is 9.96. The van der Waals surface area contributed by atoms with E-state index < -0.39 is 0 Å². The van der Waals surface area contributed by atoms with Crippen molar-refractivity contribution in [2.45, 2.75) is 32.2 Å². The van der Waals surface area contributed by atoms with Gasteiger partial charge in [-0.1, -0.05) is 30.3 Å². The molecule has 0 bridgehead atoms. The van der Waals surface area contributed by atoms with E-state index in [-0.39, 0.29) is 42.0 Å². The molecule has 7 heteroatoms. The first kappa shape index (κ1) is 22.9. The Morgan fingerprint density at radius 2 is 1.74 bits per heavy atom. The van der Waals surface area contributed by atoms with Crippen molar-refractivity contribution in [3.05, 3.63) is 71.3 Å². The minimum Gasteiger partial charge on any atom is -0.356 e. The van der Waals surface area contributed by atoms with Crippen molar-refractivity contribution in [1.29, 1.82) is 0 Å². The van der Waals surface area contributed by atoms with E-state index in [4.69, 9.17) is 0 Å². The number of rotatable bonds is 8. The van der Waals surface area contributed by atoms with Crippen LogP contribution in [0.25, 0.3) is 0 Å². The second-order valence-electron chi connectivity index (χ2n) is 8.02. The third-order valence-electron chi connectivity index (χ3n) is 5.72. The molecule has 2 N–H and O–H groups in total. The highest BCUT2D eigenvalue weighted by Gasteiger charge is 2.26. The van der Waals surface area contributed by atoms with Gasteiger partial charge in [0.05, 0.1) is 12.6 Å². The molecule has 31 heavy (non-hydrogen) atoms. The number of likely N-dealkylation sites (tertiary alicyclic amines) is 1. The maximum atomic E-state index is 13.6. The van der Waals surface area contributed by atoms with Gasteiger partial charge in [0.25, 0.3) is 0 Å². The summed E-state index contributed by atoms with van der Waals surface area (Å²) in [6, 6.07) is 12.5. The van der Waals surface area contributed by atoms with Crippen LogP contribution in [-0.2, 0) is 16.0 Å². The monoisotopic (exact) mass is 429 g/mol. The van der Waals surface area contributed by atoms with Gasteiger partial charge in [0, 0.05) is 12.5 Å². The summed E-state index contributed by atoms with van der Waals surface area (Å²) < 4.78 is 26.7. The van der Waals surface area contributed by atoms with Gasteiger partial charge < -0.3 is 10.6 Å². The van der Waals surface area contributed by atoms with Gasteiger partial charge in [-0.15, -0.1) is 0 Å². The first-order valence-electron chi connectivity index (χ1n) is 10.7. The van der Waals surface area contributed by atoms with E-state index in [2.05, 4.69) is 10.6 Å². The molecular weight excluding hydrogens is 400 g/mol. The fourth-order valence-corrected chi connectivity index (χ4v) is 3.84. The van der Waals surface area contributed by atoms with Crippen molar-refractivity contribution in [2.75, 3.05) is 26.2 Å². The zero-order valence-corrected chi connectivity index (χ0v) is 17.7. The summed E-state index contributed by atoms with van der Waals surface area (Å²) in [7, 11) is 0. The van der Waals surface area contributed by atoms with Crippen LogP contribution in [0.15, 0.2) is 48.5 Å². The van der Waals surface area contributed by atoms with Gasteiger partial charge in [0.15, 0.2) is 0 Å². The highest BCUT2D eigenvalue weighted by atomic mass is 19.1. The molecule has 0 aliphatic carbocycles. The quantitative estimate of drug-likeness (QED) is 0.678. The molecule has 2 aromatic carbocycles. The molecule has 0 radical (unpaired) electrons. The second kappa shape index (κ2) is 11.0. The van der Waals surface area contributed by atoms with Crippen molar-refractivity contribution in [3.63, 3.8) is 0 Å². The Morgan fingerprint density at radius 1 is 1.06 bits per heavy atom. The molecule has 1 aliphatic rings. The van der Waals surface area contributed by atoms with Gasteiger partial charge in [-0.05, 0) is 68.6 Å². The van der Waals surface area contributed by atoms with Crippen LogP contribution in [-0.4, -0.2) is 42.9 Å². The zero-order chi connectivity index (χ0) is 22.2. The van der Waals surface area contributed by atoms with E-state index in [1.165, 1.54) is 18.2 Å². The normalized spacial score (nSPS) is 16.0. The molecule has 0 spiro atoms. The van der Waals surface area contributed by atoms with Crippen LogP contribution in [0.4, 0.5) is 8.78 Å². The Labute approximate surface area is 181 Å². The molecule has 1 heterocycles. The Bertz CT molecular complexity index is 881. The van der Waals surface area contributed by atoms with Crippen LogP contribution in [0.1, 0.15) is 36.9 Å². The minimum absolute atomic E-state index is 0.00891. The predicted molar refractivity (Wildman–Crippen MR) is 115 cm³/mol. The molecule has 1 atom stereocenters. The van der Waals surface area contributed by atoms with Gasteiger partial charge >= 0.3 is 0 Å². The number of nitrogens with zero attached hydrogens (tertiary/aromatic N) is 1. The molecule has 166 valence electrons. The third-order valence-corrected chi connectivity index (χ3v) is 5.72. The standard InChI is InChI=1S/C24H29F2N3O2/c1-17(18-6-8-21(25)9-7-18)28-23(30)16-29-14-11-20(12-15-29)24(31)27-13-10-19-4-2-3-5-22(19)26/h2-9,17,20H,10-16H2,1H3,(H,27,31)(H,28,30). The summed E-state index contributed by atoms with van der Waals surface area (Å²) in [5.74, 6) is -0.744. The van der Waals surface area contributed by atoms with E-state index in [0.717, 1.165) is 5.56 Å². The molecule has 2 amide bonds. The third kappa shape index (κ3) is 6.85. The lowest BCUT2D eigenvalue weighted by Crippen LogP contribution is -2.45. The number of hydrogen-bond acceptors (Lipinski definition) is 3. The predicted octanol–water partition coefficient (Wildman–Crippen LogP) is 3.21. The Kier molecular flexibility index (Phi) is 8.12. The SMILES string of the molecule is CC(NC(=O)CN1CCC(C(=O)NCCc2ccccc2F)CC1)c1ccc(F)cc1. The molecule has 2 aromatic rings. The molecule has 0 saturated carbocycles. The highest BCUT2D eigenvalue weighted by molar-refractivity contribution is 5.79. The van der Waals surface area contributed by atoms with Crippen LogP contribution in [0.3, 0.4) is 0 Å². The van der Waals surface area contributed by atoms with Gasteiger partial charge in [-0.25, -0.2) is 8.78 Å². The van der Waals surface area contributed by atoms with Crippen LogP contribution >= 0.6 is 0 Å². The first-order chi connectivity index (χ1) is 14.9. The van der Waals surface area contributed by atoms with E-state index in [0.29, 0.717) is 44.5 Å². The molecule has 1 fully saturated rings. The van der Waals surface area contributed by atoms with E-state index in [1.807, 2.05) is 11.8 Å². The van der Waals surface area contributed by atoms with Crippen LogP contribution in [0, 0.1) is 17.6 Å². The number of halogens is 2. The number of piperidine rings is 1. The number of amides is 2. The van der Waals surface area contributed by atoms with Crippen LogP contribution < -0.4 is 10.6 Å². The molecule has 5 nitrogen and oxygen atoms in total. The van der Waals surface area contributed by atoms with Crippen molar-refractivity contribution in [2.24, 2.45) is 5.92 Å². The summed E-state index contributed by atoms with van der Waals surface area (Å²) in [5, 5.41) is 5.83. The Balaban J connectivity index is 1.35. The summed E-state index contributed by atoms with van der Waals surface area (Å²) in [6.45, 7) is 3.88. The highest BCUT2D eigenvalue weighted by Crippen LogP contribution is 2.18. The van der Waals surface area contributed by atoms with E-state index in [9.17, 15) is 18.4 Å². The fourth-order valence-electron chi connectivity index (χ4n) is 3.84. The lowest BCUT2D eigenvalue weighted by molar-refractivity contribution is -0.126. The summed E-state index contributed by atoms with van der Waals surface area (Å²) in [4.78, 5) is 26.8. The minimum atomic E-state index is -0.304. The summed E-state index contributed by atoms with van der Waals surface area (Å²) in [5.41, 5.74) is 1.44. The summed E-state index contributed by atoms with van der Waals surface area (Å²) in [6.07, 6.45) is 1.84. The fraction of sp³-hybridized carbons (Fsp3) is 0.417. The molecular formula is C24H29F2N3O2. The maximum Gasteiger partial charge on any atom is 0.234 e. The number of hydrogen-bond donors (Lipinski definition) is 2. The molecule has 1 aliphatic heterocycles. The van der Waals surface area contributed by atoms with Crippen molar-refractivity contribution >= 4 is 11.8 Å². The number of nitrogens with one attached hydrogen (secondary N) is 2. The first-order valence-corrected chi connectivity index (χ1v) is 10.7. The van der Waals surface area contributed by atoms with Crippen molar-refractivity contribution in [3.8, 4) is 0 Å². The zero-order valence-electron chi connectivity index (χ0n) is 17.7. The number of carbonyl (C=O) groups excluding carboxylic acids is 2. The number of benzene rings is 2. The second-order valence-corrected chi connectivity index (χ2v) is 8.02. The van der Waals surface area contributed by atoms with E-state index in [1.54, 1.807) is 30.3 Å². The lowest BCUT2D eigenvalue weighted by Gasteiger charge is -2.31. The Hall–Kier alpha value is -2.80. The number of carbonyl (C=O) groups is 2. The summed E-state index contributed by atoms with van der Waals surface area (Å²) >= 11 is 0. The van der Waals surface area contributed by atoms with Crippen molar-refractivity contribution < 1.29 is 18.4 Å². The average molecular weight is 430 g/mol. The van der Waals surface area contributed by atoms with Gasteiger partial charge in [0.2, 0.25) is 11.8 Å². The largest absolute Gasteiger partial charge is 0.356 e. The van der Waals surface area contributed by atoms with E-state index >= 15 is 0 Å². The smallest absolute Gasteiger partial charge is 0.234 e. The van der Waals surface area contributed by atoms with Gasteiger partial charge in [0.1, 0.15) is 11.6 Å². The van der Waals surface area contributed by atoms with Crippen molar-refractivity contribution in [1.82, 2.24) is 15.5 Å². The molecule has 3 rings (SSSR count). The van der Waals surface area contributed by atoms with Gasteiger partial charge in [-0.3, -0.25) is 14.5 Å². The molecule has 0 aromatic heterocycles. The van der Waals surface area contributed by atoms with Crippen LogP contribution in [0.2, 0.25) is 0 Å². The maximum absolute atomic E-state index is 13.6. The Morgan fingerprint density at radius 3 is 2.42 bits per heavy atom. The van der Waals surface area contributed by atoms with Crippen LogP contribution in [0.5, 0.6) is 0 Å². The average Bonchev–Trinajstić information content (AvgIpc) is 2.76.